The maximum atomic E-state index is 12.4. The van der Waals surface area contributed by atoms with Crippen LogP contribution in [0.1, 0.15) is 37.0 Å². The first-order valence-electron chi connectivity index (χ1n) is 8.24. The molecule has 0 saturated carbocycles. The van der Waals surface area contributed by atoms with Crippen molar-refractivity contribution in [3.05, 3.63) is 58.1 Å². The number of rotatable bonds is 6. The maximum absolute atomic E-state index is 12.4. The predicted octanol–water partition coefficient (Wildman–Crippen LogP) is 5.32. The van der Waals surface area contributed by atoms with E-state index >= 15 is 0 Å². The van der Waals surface area contributed by atoms with Gasteiger partial charge < -0.3 is 10.1 Å². The summed E-state index contributed by atoms with van der Waals surface area (Å²) in [7, 11) is 0. The van der Waals surface area contributed by atoms with E-state index in [0.29, 0.717) is 16.5 Å². The van der Waals surface area contributed by atoms with Gasteiger partial charge >= 0.3 is 0 Å². The molecule has 24 heavy (non-hydrogen) atoms. The monoisotopic (exact) mass is 345 g/mol. The van der Waals surface area contributed by atoms with E-state index in [4.69, 9.17) is 16.3 Å². The molecule has 1 atom stereocenters. The van der Waals surface area contributed by atoms with Crippen molar-refractivity contribution in [2.75, 3.05) is 5.32 Å². The number of benzene rings is 2. The Morgan fingerprint density at radius 1 is 1.21 bits per heavy atom. The van der Waals surface area contributed by atoms with Gasteiger partial charge in [0.15, 0.2) is 6.10 Å². The summed E-state index contributed by atoms with van der Waals surface area (Å²) < 4.78 is 5.73. The molecule has 4 heteroatoms. The second-order valence-electron chi connectivity index (χ2n) is 6.08. The van der Waals surface area contributed by atoms with E-state index in [1.54, 1.807) is 6.92 Å². The van der Waals surface area contributed by atoms with Gasteiger partial charge in [-0.2, -0.15) is 0 Å². The lowest BCUT2D eigenvalue weighted by Crippen LogP contribution is -2.30. The van der Waals surface area contributed by atoms with E-state index in [-0.39, 0.29) is 5.91 Å². The van der Waals surface area contributed by atoms with Gasteiger partial charge in [0.2, 0.25) is 0 Å². The van der Waals surface area contributed by atoms with Crippen LogP contribution in [0.2, 0.25) is 5.02 Å². The van der Waals surface area contributed by atoms with Gasteiger partial charge in [-0.3, -0.25) is 4.79 Å². The van der Waals surface area contributed by atoms with Gasteiger partial charge in [-0.15, -0.1) is 0 Å². The van der Waals surface area contributed by atoms with Crippen LogP contribution in [0.3, 0.4) is 0 Å². The molecule has 1 amide bonds. The summed E-state index contributed by atoms with van der Waals surface area (Å²) in [5.41, 5.74) is 3.90. The number of ether oxygens (including phenoxy) is 1. The van der Waals surface area contributed by atoms with E-state index in [9.17, 15) is 4.79 Å². The van der Waals surface area contributed by atoms with Crippen LogP contribution < -0.4 is 10.1 Å². The second-order valence-corrected chi connectivity index (χ2v) is 6.49. The molecule has 1 N–H and O–H groups in total. The summed E-state index contributed by atoms with van der Waals surface area (Å²) in [5, 5.41) is 3.40. The quantitative estimate of drug-likeness (QED) is 0.769. The number of hydrogen-bond acceptors (Lipinski definition) is 2. The average Bonchev–Trinajstić information content (AvgIpc) is 2.52. The Morgan fingerprint density at radius 2 is 1.88 bits per heavy atom. The lowest BCUT2D eigenvalue weighted by atomic mass is 10.1. The Bertz CT molecular complexity index is 687. The van der Waals surface area contributed by atoms with Gasteiger partial charge in [-0.25, -0.2) is 0 Å². The fourth-order valence-electron chi connectivity index (χ4n) is 2.58. The zero-order valence-corrected chi connectivity index (χ0v) is 15.4. The van der Waals surface area contributed by atoms with Crippen LogP contribution >= 0.6 is 11.6 Å². The summed E-state index contributed by atoms with van der Waals surface area (Å²) >= 11 is 6.24. The Kier molecular flexibility index (Phi) is 6.27. The lowest BCUT2D eigenvalue weighted by molar-refractivity contribution is -0.122. The SMILES string of the molecule is CCCc1ccc(OC(C)C(=O)Nc2c(C)cc(C)cc2Cl)cc1. The number of anilines is 1. The largest absolute Gasteiger partial charge is 0.481 e. The summed E-state index contributed by atoms with van der Waals surface area (Å²) in [4.78, 5) is 12.4. The van der Waals surface area contributed by atoms with E-state index in [2.05, 4.69) is 12.2 Å². The molecular weight excluding hydrogens is 322 g/mol. The van der Waals surface area contributed by atoms with Crippen LogP contribution in [-0.2, 0) is 11.2 Å². The highest BCUT2D eigenvalue weighted by Gasteiger charge is 2.17. The Morgan fingerprint density at radius 3 is 2.46 bits per heavy atom. The molecule has 0 aliphatic heterocycles. The smallest absolute Gasteiger partial charge is 0.265 e. The number of carbonyl (C=O) groups is 1. The van der Waals surface area contributed by atoms with Crippen molar-refractivity contribution in [3.63, 3.8) is 0 Å². The van der Waals surface area contributed by atoms with Gasteiger partial charge in [0, 0.05) is 0 Å². The fraction of sp³-hybridized carbons (Fsp3) is 0.350. The number of amides is 1. The normalized spacial score (nSPS) is 11.9. The van der Waals surface area contributed by atoms with E-state index in [1.165, 1.54) is 5.56 Å². The molecule has 2 aromatic rings. The zero-order valence-electron chi connectivity index (χ0n) is 14.7. The molecule has 0 radical (unpaired) electrons. The van der Waals surface area contributed by atoms with Crippen LogP contribution in [0, 0.1) is 13.8 Å². The second kappa shape index (κ2) is 8.20. The van der Waals surface area contributed by atoms with Crippen molar-refractivity contribution in [3.8, 4) is 5.75 Å². The predicted molar refractivity (Wildman–Crippen MR) is 100 cm³/mol. The van der Waals surface area contributed by atoms with Gasteiger partial charge in [-0.05, 0) is 62.1 Å². The number of halogens is 1. The third-order valence-electron chi connectivity index (χ3n) is 3.82. The minimum Gasteiger partial charge on any atom is -0.481 e. The van der Waals surface area contributed by atoms with Crippen LogP contribution in [-0.4, -0.2) is 12.0 Å². The van der Waals surface area contributed by atoms with Crippen LogP contribution in [0.25, 0.3) is 0 Å². The molecule has 2 aromatic carbocycles. The van der Waals surface area contributed by atoms with E-state index in [0.717, 1.165) is 24.0 Å². The highest BCUT2D eigenvalue weighted by molar-refractivity contribution is 6.34. The van der Waals surface area contributed by atoms with Crippen molar-refractivity contribution in [1.29, 1.82) is 0 Å². The molecule has 0 aliphatic rings. The molecule has 0 spiro atoms. The average molecular weight is 346 g/mol. The molecule has 3 nitrogen and oxygen atoms in total. The third kappa shape index (κ3) is 4.75. The molecule has 0 heterocycles. The Balaban J connectivity index is 2.02. The maximum Gasteiger partial charge on any atom is 0.265 e. The first-order chi connectivity index (χ1) is 11.4. The summed E-state index contributed by atoms with van der Waals surface area (Å²) in [6, 6.07) is 11.7. The first-order valence-corrected chi connectivity index (χ1v) is 8.61. The number of nitrogens with one attached hydrogen (secondary N) is 1. The number of aryl methyl sites for hydroxylation is 3. The third-order valence-corrected chi connectivity index (χ3v) is 4.12. The lowest BCUT2D eigenvalue weighted by Gasteiger charge is -2.17. The fourth-order valence-corrected chi connectivity index (χ4v) is 2.95. The minimum atomic E-state index is -0.612. The Hall–Kier alpha value is -2.00. The van der Waals surface area contributed by atoms with Gasteiger partial charge in [0.05, 0.1) is 10.7 Å². The van der Waals surface area contributed by atoms with Crippen LogP contribution in [0.5, 0.6) is 5.75 Å². The molecule has 0 aromatic heterocycles. The molecule has 1 unspecified atom stereocenters. The summed E-state index contributed by atoms with van der Waals surface area (Å²) in [5.74, 6) is 0.464. The highest BCUT2D eigenvalue weighted by atomic mass is 35.5. The molecular formula is C20H24ClNO2. The molecule has 0 fully saturated rings. The molecule has 0 aliphatic carbocycles. The minimum absolute atomic E-state index is 0.221. The van der Waals surface area contributed by atoms with Crippen molar-refractivity contribution < 1.29 is 9.53 Å². The van der Waals surface area contributed by atoms with Crippen molar-refractivity contribution in [2.24, 2.45) is 0 Å². The number of carbonyl (C=O) groups excluding carboxylic acids is 1. The molecule has 2 rings (SSSR count). The molecule has 128 valence electrons. The topological polar surface area (TPSA) is 38.3 Å². The van der Waals surface area contributed by atoms with Crippen LogP contribution in [0.15, 0.2) is 36.4 Å². The van der Waals surface area contributed by atoms with Crippen molar-refractivity contribution in [1.82, 2.24) is 0 Å². The van der Waals surface area contributed by atoms with E-state index < -0.39 is 6.10 Å². The summed E-state index contributed by atoms with van der Waals surface area (Å²) in [6.07, 6.45) is 1.54. The standard InChI is InChI=1S/C20H24ClNO2/c1-5-6-16-7-9-17(10-8-16)24-15(4)20(23)22-19-14(3)11-13(2)12-18(19)21/h7-12,15H,5-6H2,1-4H3,(H,22,23). The van der Waals surface area contributed by atoms with Gasteiger partial charge in [-0.1, -0.05) is 43.1 Å². The van der Waals surface area contributed by atoms with E-state index in [1.807, 2.05) is 50.2 Å². The van der Waals surface area contributed by atoms with Crippen molar-refractivity contribution >= 4 is 23.2 Å². The first kappa shape index (κ1) is 18.3. The van der Waals surface area contributed by atoms with Gasteiger partial charge in [0.25, 0.3) is 5.91 Å². The summed E-state index contributed by atoms with van der Waals surface area (Å²) in [6.45, 7) is 7.77. The van der Waals surface area contributed by atoms with Crippen LogP contribution in [0.4, 0.5) is 5.69 Å². The van der Waals surface area contributed by atoms with Crippen molar-refractivity contribution in [2.45, 2.75) is 46.6 Å². The highest BCUT2D eigenvalue weighted by Crippen LogP contribution is 2.27. The molecule has 0 bridgehead atoms. The zero-order chi connectivity index (χ0) is 17.7. The Labute approximate surface area is 149 Å². The van der Waals surface area contributed by atoms with Gasteiger partial charge in [0.1, 0.15) is 5.75 Å². The number of hydrogen-bond donors (Lipinski definition) is 1. The molecule has 0 saturated heterocycles.